The lowest BCUT2D eigenvalue weighted by molar-refractivity contribution is 0.0128. The third kappa shape index (κ3) is 3.66. The molecule has 0 saturated heterocycles. The number of anilines is 1. The fourth-order valence-electron chi connectivity index (χ4n) is 1.62. The molecule has 4 nitrogen and oxygen atoms in total. The van der Waals surface area contributed by atoms with Crippen LogP contribution >= 0.6 is 11.6 Å². The molecule has 1 aromatic heterocycles. The van der Waals surface area contributed by atoms with Gasteiger partial charge >= 0.3 is 0 Å². The van der Waals surface area contributed by atoms with Gasteiger partial charge in [0.05, 0.1) is 17.4 Å². The molecule has 7 heteroatoms. The van der Waals surface area contributed by atoms with Crippen molar-refractivity contribution in [3.63, 3.8) is 0 Å². The summed E-state index contributed by atoms with van der Waals surface area (Å²) in [6.07, 6.45) is 1.12. The van der Waals surface area contributed by atoms with Crippen molar-refractivity contribution in [3.05, 3.63) is 52.8 Å². The van der Waals surface area contributed by atoms with Crippen LogP contribution in [0.25, 0.3) is 0 Å². The lowest BCUT2D eigenvalue weighted by Crippen LogP contribution is -2.14. The lowest BCUT2D eigenvalue weighted by Gasteiger charge is -2.11. The quantitative estimate of drug-likeness (QED) is 0.906. The van der Waals surface area contributed by atoms with Crippen LogP contribution in [-0.2, 0) is 5.92 Å². The smallest absolute Gasteiger partial charge is 0.286 e. The molecule has 21 heavy (non-hydrogen) atoms. The van der Waals surface area contributed by atoms with Gasteiger partial charge in [0.2, 0.25) is 0 Å². The van der Waals surface area contributed by atoms with E-state index in [1.807, 2.05) is 0 Å². The number of carbonyl (C=O) groups excluding carboxylic acids is 1. The molecule has 2 aromatic rings. The minimum absolute atomic E-state index is 0.0209. The number of aromatic hydroxyl groups is 1. The first-order valence-corrected chi connectivity index (χ1v) is 6.29. The first kappa shape index (κ1) is 15.2. The number of carbonyl (C=O) groups is 1. The maximum Gasteiger partial charge on any atom is 0.286 e. The Balaban J connectivity index is 2.18. The van der Waals surface area contributed by atoms with E-state index in [4.69, 9.17) is 11.6 Å². The Morgan fingerprint density at radius 2 is 2.05 bits per heavy atom. The number of aromatic nitrogens is 1. The number of phenolic OH excluding ortho intramolecular Hbond substituents is 1. The van der Waals surface area contributed by atoms with E-state index >= 15 is 0 Å². The maximum absolute atomic E-state index is 13.0. The molecule has 2 rings (SSSR count). The second-order valence-electron chi connectivity index (χ2n) is 4.44. The van der Waals surface area contributed by atoms with Crippen molar-refractivity contribution in [2.45, 2.75) is 12.8 Å². The van der Waals surface area contributed by atoms with Crippen molar-refractivity contribution in [1.82, 2.24) is 4.98 Å². The van der Waals surface area contributed by atoms with Gasteiger partial charge in [-0.2, -0.15) is 8.78 Å². The summed E-state index contributed by atoms with van der Waals surface area (Å²) in [6.45, 7) is 0.734. The summed E-state index contributed by atoms with van der Waals surface area (Å²) in [5.74, 6) is -3.90. The van der Waals surface area contributed by atoms with Gasteiger partial charge in [0.15, 0.2) is 0 Å². The molecule has 1 amide bonds. The van der Waals surface area contributed by atoms with Crippen LogP contribution in [0.2, 0.25) is 5.02 Å². The molecular weight excluding hydrogens is 302 g/mol. The van der Waals surface area contributed by atoms with Crippen LogP contribution in [0.1, 0.15) is 23.0 Å². The van der Waals surface area contributed by atoms with E-state index in [9.17, 15) is 18.7 Å². The number of phenols is 1. The number of alkyl halides is 2. The molecule has 0 aliphatic heterocycles. The lowest BCUT2D eigenvalue weighted by atomic mass is 10.2. The van der Waals surface area contributed by atoms with Gasteiger partial charge in [-0.15, -0.1) is 0 Å². The van der Waals surface area contributed by atoms with Crippen molar-refractivity contribution in [2.24, 2.45) is 0 Å². The minimum Gasteiger partial charge on any atom is -0.507 e. The molecule has 0 unspecified atom stereocenters. The van der Waals surface area contributed by atoms with E-state index < -0.39 is 17.5 Å². The van der Waals surface area contributed by atoms with E-state index in [1.54, 1.807) is 0 Å². The molecule has 2 N–H and O–H groups in total. The molecule has 0 atom stereocenters. The summed E-state index contributed by atoms with van der Waals surface area (Å²) < 4.78 is 26.0. The largest absolute Gasteiger partial charge is 0.507 e. The predicted molar refractivity (Wildman–Crippen MR) is 74.9 cm³/mol. The Hall–Kier alpha value is -2.21. The molecular formula is C14H11ClF2N2O2. The average Bonchev–Trinajstić information content (AvgIpc) is 2.41. The van der Waals surface area contributed by atoms with Gasteiger partial charge in [-0.05, 0) is 30.3 Å². The fraction of sp³-hybridized carbons (Fsp3) is 0.143. The first-order valence-electron chi connectivity index (χ1n) is 5.91. The zero-order valence-corrected chi connectivity index (χ0v) is 11.7. The van der Waals surface area contributed by atoms with Gasteiger partial charge in [-0.3, -0.25) is 9.78 Å². The Labute approximate surface area is 124 Å². The Morgan fingerprint density at radius 1 is 1.33 bits per heavy atom. The fourth-order valence-corrected chi connectivity index (χ4v) is 1.79. The number of nitrogens with zero attached hydrogens (tertiary/aromatic N) is 1. The Kier molecular flexibility index (Phi) is 4.09. The topological polar surface area (TPSA) is 62.2 Å². The van der Waals surface area contributed by atoms with Crippen LogP contribution in [0.5, 0.6) is 5.75 Å². The maximum atomic E-state index is 13.0. The summed E-state index contributed by atoms with van der Waals surface area (Å²) in [7, 11) is 0. The number of benzene rings is 1. The number of nitrogens with one attached hydrogen (secondary N) is 1. The molecule has 0 radical (unpaired) electrons. The summed E-state index contributed by atoms with van der Waals surface area (Å²) in [6, 6.07) is 6.45. The molecule has 0 aliphatic rings. The summed E-state index contributed by atoms with van der Waals surface area (Å²) in [5, 5.41) is 12.3. The summed E-state index contributed by atoms with van der Waals surface area (Å²) in [4.78, 5) is 15.5. The second-order valence-corrected chi connectivity index (χ2v) is 4.87. The SMILES string of the molecule is CC(F)(F)c1ccc(NC(=O)c2cc(Cl)ccc2O)cn1. The Bertz CT molecular complexity index is 670. The molecule has 1 heterocycles. The molecule has 0 fully saturated rings. The van der Waals surface area contributed by atoms with Gasteiger partial charge in [-0.25, -0.2) is 0 Å². The molecule has 110 valence electrons. The number of halogens is 3. The van der Waals surface area contributed by atoms with Gasteiger partial charge in [0.25, 0.3) is 11.8 Å². The predicted octanol–water partition coefficient (Wildman–Crippen LogP) is 3.80. The van der Waals surface area contributed by atoms with Gasteiger partial charge in [0.1, 0.15) is 11.4 Å². The zero-order valence-electron chi connectivity index (χ0n) is 10.9. The average molecular weight is 313 g/mol. The van der Waals surface area contributed by atoms with Gasteiger partial charge < -0.3 is 10.4 Å². The molecule has 0 spiro atoms. The van der Waals surface area contributed by atoms with Crippen LogP contribution in [-0.4, -0.2) is 16.0 Å². The van der Waals surface area contributed by atoms with Gasteiger partial charge in [-0.1, -0.05) is 11.6 Å². The van der Waals surface area contributed by atoms with Crippen LogP contribution in [0.15, 0.2) is 36.5 Å². The number of hydrogen-bond donors (Lipinski definition) is 2. The summed E-state index contributed by atoms with van der Waals surface area (Å²) >= 11 is 5.75. The monoisotopic (exact) mass is 312 g/mol. The number of pyridine rings is 1. The summed E-state index contributed by atoms with van der Waals surface area (Å²) in [5.41, 5.74) is -0.189. The van der Waals surface area contributed by atoms with Crippen molar-refractivity contribution in [1.29, 1.82) is 0 Å². The minimum atomic E-state index is -3.05. The number of hydrogen-bond acceptors (Lipinski definition) is 3. The Morgan fingerprint density at radius 3 is 2.62 bits per heavy atom. The van der Waals surface area contributed by atoms with Crippen molar-refractivity contribution < 1.29 is 18.7 Å². The molecule has 0 bridgehead atoms. The van der Waals surface area contributed by atoms with E-state index in [1.165, 1.54) is 24.3 Å². The highest BCUT2D eigenvalue weighted by Gasteiger charge is 2.25. The van der Waals surface area contributed by atoms with Crippen LogP contribution in [0, 0.1) is 0 Å². The molecule has 0 aliphatic carbocycles. The standard InChI is InChI=1S/C14H11ClF2N2O2/c1-14(16,17)12-5-3-9(7-18-12)19-13(21)10-6-8(15)2-4-11(10)20/h2-7,20H,1H3,(H,19,21). The normalized spacial score (nSPS) is 11.2. The van der Waals surface area contributed by atoms with Gasteiger partial charge in [0, 0.05) is 11.9 Å². The van der Waals surface area contributed by atoms with E-state index in [2.05, 4.69) is 10.3 Å². The van der Waals surface area contributed by atoms with Crippen LogP contribution in [0.3, 0.4) is 0 Å². The van der Waals surface area contributed by atoms with E-state index in [0.717, 1.165) is 19.2 Å². The van der Waals surface area contributed by atoms with Crippen molar-refractivity contribution in [2.75, 3.05) is 5.32 Å². The van der Waals surface area contributed by atoms with Crippen molar-refractivity contribution in [3.8, 4) is 5.75 Å². The number of rotatable bonds is 3. The zero-order chi connectivity index (χ0) is 15.6. The van der Waals surface area contributed by atoms with Crippen LogP contribution < -0.4 is 5.32 Å². The first-order chi connectivity index (χ1) is 9.77. The second kappa shape index (κ2) is 5.65. The molecule has 0 saturated carbocycles. The highest BCUT2D eigenvalue weighted by molar-refractivity contribution is 6.31. The van der Waals surface area contributed by atoms with Crippen molar-refractivity contribution >= 4 is 23.2 Å². The van der Waals surface area contributed by atoms with Crippen LogP contribution in [0.4, 0.5) is 14.5 Å². The van der Waals surface area contributed by atoms with E-state index in [0.29, 0.717) is 0 Å². The molecule has 1 aromatic carbocycles. The highest BCUT2D eigenvalue weighted by Crippen LogP contribution is 2.26. The van der Waals surface area contributed by atoms with E-state index in [-0.39, 0.29) is 22.0 Å². The third-order valence-corrected chi connectivity index (χ3v) is 2.91. The third-order valence-electron chi connectivity index (χ3n) is 2.67. The highest BCUT2D eigenvalue weighted by atomic mass is 35.5. The number of amides is 1.